The lowest BCUT2D eigenvalue weighted by atomic mass is 10.1. The van der Waals surface area contributed by atoms with Crippen molar-refractivity contribution in [2.75, 3.05) is 11.9 Å². The molecule has 1 amide bonds. The zero-order chi connectivity index (χ0) is 13.8. The first-order valence-electron chi connectivity index (χ1n) is 5.98. The Morgan fingerprint density at radius 1 is 1.47 bits per heavy atom. The second-order valence-electron chi connectivity index (χ2n) is 4.30. The topological polar surface area (TPSA) is 102 Å². The number of nitro groups is 1. The molecule has 19 heavy (non-hydrogen) atoms. The third kappa shape index (κ3) is 3.19. The number of carbonyl (C=O) groups is 1. The molecule has 1 aliphatic heterocycles. The van der Waals surface area contributed by atoms with Crippen LogP contribution in [0.15, 0.2) is 18.2 Å². The van der Waals surface area contributed by atoms with Crippen molar-refractivity contribution >= 4 is 17.3 Å². The van der Waals surface area contributed by atoms with Gasteiger partial charge >= 0.3 is 0 Å². The van der Waals surface area contributed by atoms with E-state index in [1.165, 1.54) is 12.1 Å². The van der Waals surface area contributed by atoms with Gasteiger partial charge in [0.25, 0.3) is 11.6 Å². The first-order chi connectivity index (χ1) is 9.08. The van der Waals surface area contributed by atoms with Gasteiger partial charge in [0.2, 0.25) is 0 Å². The van der Waals surface area contributed by atoms with Crippen molar-refractivity contribution in [2.24, 2.45) is 0 Å². The summed E-state index contributed by atoms with van der Waals surface area (Å²) in [5, 5.41) is 22.7. The molecule has 1 unspecified atom stereocenters. The molecule has 1 fully saturated rings. The van der Waals surface area contributed by atoms with Crippen molar-refractivity contribution in [3.63, 3.8) is 0 Å². The van der Waals surface area contributed by atoms with Crippen LogP contribution in [0.1, 0.15) is 19.3 Å². The minimum absolute atomic E-state index is 0.0216. The van der Waals surface area contributed by atoms with Crippen molar-refractivity contribution in [1.82, 2.24) is 0 Å². The maximum atomic E-state index is 11.9. The Labute approximate surface area is 109 Å². The maximum Gasteiger partial charge on any atom is 0.271 e. The quantitative estimate of drug-likeness (QED) is 0.493. The molecule has 0 aromatic heterocycles. The van der Waals surface area contributed by atoms with Crippen LogP contribution in [0.25, 0.3) is 0 Å². The summed E-state index contributed by atoms with van der Waals surface area (Å²) in [7, 11) is 0. The van der Waals surface area contributed by atoms with Gasteiger partial charge in [-0.1, -0.05) is 0 Å². The molecule has 0 spiro atoms. The van der Waals surface area contributed by atoms with E-state index < -0.39 is 16.9 Å². The lowest BCUT2D eigenvalue weighted by Gasteiger charge is -2.21. The summed E-state index contributed by atoms with van der Waals surface area (Å²) in [5.74, 6) is -0.606. The van der Waals surface area contributed by atoms with Gasteiger partial charge in [0, 0.05) is 18.7 Å². The number of rotatable bonds is 3. The van der Waals surface area contributed by atoms with Gasteiger partial charge in [0.15, 0.2) is 0 Å². The summed E-state index contributed by atoms with van der Waals surface area (Å²) in [5.41, 5.74) is -0.175. The average Bonchev–Trinajstić information content (AvgIpc) is 2.42. The highest BCUT2D eigenvalue weighted by Gasteiger charge is 2.23. The van der Waals surface area contributed by atoms with E-state index in [9.17, 15) is 20.0 Å². The number of aromatic hydroxyl groups is 1. The van der Waals surface area contributed by atoms with Gasteiger partial charge in [-0.05, 0) is 25.3 Å². The van der Waals surface area contributed by atoms with Crippen molar-refractivity contribution in [1.29, 1.82) is 0 Å². The van der Waals surface area contributed by atoms with Crippen LogP contribution in [-0.2, 0) is 9.53 Å². The minimum atomic E-state index is -0.591. The molecule has 1 heterocycles. The molecule has 7 nitrogen and oxygen atoms in total. The molecule has 102 valence electrons. The lowest BCUT2D eigenvalue weighted by Crippen LogP contribution is -2.33. The number of carbonyl (C=O) groups excluding carboxylic acids is 1. The Morgan fingerprint density at radius 3 is 2.89 bits per heavy atom. The van der Waals surface area contributed by atoms with E-state index in [0.29, 0.717) is 13.0 Å². The van der Waals surface area contributed by atoms with Crippen LogP contribution in [-0.4, -0.2) is 28.6 Å². The van der Waals surface area contributed by atoms with Crippen LogP contribution in [0.3, 0.4) is 0 Å². The molecule has 1 atom stereocenters. The van der Waals surface area contributed by atoms with Crippen LogP contribution >= 0.6 is 0 Å². The highest BCUT2D eigenvalue weighted by atomic mass is 16.6. The third-order valence-electron chi connectivity index (χ3n) is 2.92. The van der Waals surface area contributed by atoms with E-state index in [2.05, 4.69) is 5.32 Å². The number of non-ortho nitro benzene ring substituents is 1. The number of phenols is 1. The van der Waals surface area contributed by atoms with Crippen LogP contribution in [0, 0.1) is 10.1 Å². The molecule has 1 saturated heterocycles. The van der Waals surface area contributed by atoms with E-state index in [0.717, 1.165) is 18.9 Å². The zero-order valence-electron chi connectivity index (χ0n) is 10.2. The summed E-state index contributed by atoms with van der Waals surface area (Å²) in [4.78, 5) is 21.9. The number of nitrogens with one attached hydrogen (secondary N) is 1. The van der Waals surface area contributed by atoms with E-state index >= 15 is 0 Å². The maximum absolute atomic E-state index is 11.9. The predicted molar refractivity (Wildman–Crippen MR) is 67.0 cm³/mol. The van der Waals surface area contributed by atoms with Gasteiger partial charge in [-0.15, -0.1) is 0 Å². The fourth-order valence-electron chi connectivity index (χ4n) is 1.90. The largest absolute Gasteiger partial charge is 0.506 e. The van der Waals surface area contributed by atoms with E-state index in [1.807, 2.05) is 0 Å². The molecule has 7 heteroatoms. The van der Waals surface area contributed by atoms with Gasteiger partial charge in [-0.3, -0.25) is 14.9 Å². The number of ether oxygens (including phenoxy) is 1. The van der Waals surface area contributed by atoms with Crippen molar-refractivity contribution in [3.8, 4) is 5.75 Å². The van der Waals surface area contributed by atoms with Crippen LogP contribution < -0.4 is 5.32 Å². The second-order valence-corrected chi connectivity index (χ2v) is 4.30. The number of anilines is 1. The molecule has 1 aromatic rings. The molecule has 2 N–H and O–H groups in total. The van der Waals surface area contributed by atoms with E-state index in [4.69, 9.17) is 4.74 Å². The van der Waals surface area contributed by atoms with Gasteiger partial charge in [-0.25, -0.2) is 0 Å². The molecule has 0 aliphatic carbocycles. The minimum Gasteiger partial charge on any atom is -0.506 e. The van der Waals surface area contributed by atoms with Crippen molar-refractivity contribution < 1.29 is 19.6 Å². The number of amides is 1. The molecule has 1 aliphatic rings. The average molecular weight is 266 g/mol. The van der Waals surface area contributed by atoms with Gasteiger partial charge in [0.05, 0.1) is 10.6 Å². The molecule has 2 rings (SSSR count). The van der Waals surface area contributed by atoms with Gasteiger partial charge in [-0.2, -0.15) is 0 Å². The smallest absolute Gasteiger partial charge is 0.271 e. The number of nitro benzene ring substituents is 1. The molecule has 0 bridgehead atoms. The van der Waals surface area contributed by atoms with Crippen LogP contribution in [0.2, 0.25) is 0 Å². The molecule has 1 aromatic carbocycles. The summed E-state index contributed by atoms with van der Waals surface area (Å²) in [6, 6.07) is 3.47. The highest BCUT2D eigenvalue weighted by molar-refractivity contribution is 5.95. The number of hydrogen-bond acceptors (Lipinski definition) is 5. The number of hydrogen-bond donors (Lipinski definition) is 2. The highest BCUT2D eigenvalue weighted by Crippen LogP contribution is 2.28. The number of phenolic OH excluding ortho intramolecular Hbond substituents is 1. The Kier molecular flexibility index (Phi) is 3.96. The molecular weight excluding hydrogens is 252 g/mol. The predicted octanol–water partition coefficient (Wildman–Crippen LogP) is 1.81. The van der Waals surface area contributed by atoms with Crippen LogP contribution in [0.5, 0.6) is 5.75 Å². The summed E-state index contributed by atoms with van der Waals surface area (Å²) < 4.78 is 5.30. The first-order valence-corrected chi connectivity index (χ1v) is 5.98. The van der Waals surface area contributed by atoms with Gasteiger partial charge in [0.1, 0.15) is 11.9 Å². The van der Waals surface area contributed by atoms with E-state index in [1.54, 1.807) is 0 Å². The normalized spacial score (nSPS) is 18.8. The van der Waals surface area contributed by atoms with Crippen molar-refractivity contribution in [2.45, 2.75) is 25.4 Å². The monoisotopic (exact) mass is 266 g/mol. The SMILES string of the molecule is O=C(Nc1cc([N+](=O)[O-])ccc1O)C1CCCCO1. The molecular formula is C12H14N2O5. The Bertz CT molecular complexity index is 497. The summed E-state index contributed by atoms with van der Waals surface area (Å²) >= 11 is 0. The molecule has 0 saturated carbocycles. The van der Waals surface area contributed by atoms with Crippen LogP contribution in [0.4, 0.5) is 11.4 Å². The first kappa shape index (κ1) is 13.3. The third-order valence-corrected chi connectivity index (χ3v) is 2.92. The Hall–Kier alpha value is -2.15. The zero-order valence-corrected chi connectivity index (χ0v) is 10.2. The number of nitrogens with zero attached hydrogens (tertiary/aromatic N) is 1. The Morgan fingerprint density at radius 2 is 2.26 bits per heavy atom. The lowest BCUT2D eigenvalue weighted by molar-refractivity contribution is -0.384. The van der Waals surface area contributed by atoms with Crippen molar-refractivity contribution in [3.05, 3.63) is 28.3 Å². The fourth-order valence-corrected chi connectivity index (χ4v) is 1.90. The fraction of sp³-hybridized carbons (Fsp3) is 0.417. The standard InChI is InChI=1S/C12H14N2O5/c15-10-5-4-8(14(17)18)7-9(10)13-12(16)11-3-1-2-6-19-11/h4-5,7,11,15H,1-3,6H2,(H,13,16). The second kappa shape index (κ2) is 5.66. The van der Waals surface area contributed by atoms with Gasteiger partial charge < -0.3 is 15.2 Å². The van der Waals surface area contributed by atoms with E-state index in [-0.39, 0.29) is 17.1 Å². The molecule has 0 radical (unpaired) electrons. The summed E-state index contributed by atoms with van der Waals surface area (Å²) in [6.07, 6.45) is 1.87. The number of benzene rings is 1. The Balaban J connectivity index is 2.11. The summed E-state index contributed by atoms with van der Waals surface area (Å²) in [6.45, 7) is 0.527.